The molecule has 0 saturated carbocycles. The van der Waals surface area contributed by atoms with Crippen LogP contribution < -0.4 is 0 Å². The van der Waals surface area contributed by atoms with Gasteiger partial charge in [-0.1, -0.05) is 31.5 Å². The Morgan fingerprint density at radius 3 is 2.05 bits per heavy atom. The Hall–Kier alpha value is -1.35. The first-order valence-corrected chi connectivity index (χ1v) is 7.45. The third-order valence-corrected chi connectivity index (χ3v) is 3.88. The van der Waals surface area contributed by atoms with E-state index < -0.39 is 0 Å². The lowest BCUT2D eigenvalue weighted by atomic mass is 9.97. The summed E-state index contributed by atoms with van der Waals surface area (Å²) < 4.78 is 0. The van der Waals surface area contributed by atoms with E-state index in [9.17, 15) is 9.90 Å². The number of aliphatic hydroxyl groups is 1. The van der Waals surface area contributed by atoms with Crippen LogP contribution >= 0.6 is 0 Å². The standard InChI is InChI=1S/C17H27NO2/c1-6-15(7-2)18(8-9-19)17(20)16-13(4)10-12(3)11-14(16)5/h10-11,15,19H,6-9H2,1-5H3. The predicted molar refractivity (Wildman–Crippen MR) is 83.1 cm³/mol. The number of aryl methyl sites for hydroxylation is 3. The van der Waals surface area contributed by atoms with Crippen molar-refractivity contribution in [2.75, 3.05) is 13.2 Å². The number of hydrogen-bond donors (Lipinski definition) is 1. The zero-order valence-electron chi connectivity index (χ0n) is 13.4. The van der Waals surface area contributed by atoms with Crippen molar-refractivity contribution in [1.29, 1.82) is 0 Å². The van der Waals surface area contributed by atoms with Gasteiger partial charge in [0.2, 0.25) is 0 Å². The molecule has 0 fully saturated rings. The molecule has 0 bridgehead atoms. The van der Waals surface area contributed by atoms with Crippen molar-refractivity contribution in [2.24, 2.45) is 0 Å². The van der Waals surface area contributed by atoms with E-state index in [1.807, 2.05) is 37.8 Å². The van der Waals surface area contributed by atoms with Crippen LogP contribution in [-0.4, -0.2) is 35.1 Å². The normalized spacial score (nSPS) is 10.9. The van der Waals surface area contributed by atoms with Gasteiger partial charge in [-0.3, -0.25) is 4.79 Å². The molecule has 0 spiro atoms. The summed E-state index contributed by atoms with van der Waals surface area (Å²) >= 11 is 0. The summed E-state index contributed by atoms with van der Waals surface area (Å²) in [5.74, 6) is 0.0442. The van der Waals surface area contributed by atoms with Gasteiger partial charge >= 0.3 is 0 Å². The molecule has 0 saturated heterocycles. The minimum absolute atomic E-state index is 0.00615. The molecule has 1 aromatic carbocycles. The van der Waals surface area contributed by atoms with E-state index in [-0.39, 0.29) is 18.6 Å². The molecule has 1 aromatic rings. The molecule has 0 radical (unpaired) electrons. The van der Waals surface area contributed by atoms with Gasteiger partial charge in [0.1, 0.15) is 0 Å². The fraction of sp³-hybridized carbons (Fsp3) is 0.588. The Labute approximate surface area is 122 Å². The topological polar surface area (TPSA) is 40.5 Å². The van der Waals surface area contributed by atoms with Crippen LogP contribution in [0.4, 0.5) is 0 Å². The second kappa shape index (κ2) is 7.44. The molecule has 0 unspecified atom stereocenters. The third-order valence-electron chi connectivity index (χ3n) is 3.88. The number of carbonyl (C=O) groups excluding carboxylic acids is 1. The monoisotopic (exact) mass is 277 g/mol. The fourth-order valence-electron chi connectivity index (χ4n) is 2.95. The molecule has 3 nitrogen and oxygen atoms in total. The number of carbonyl (C=O) groups is 1. The van der Waals surface area contributed by atoms with Gasteiger partial charge in [-0.05, 0) is 44.7 Å². The zero-order valence-corrected chi connectivity index (χ0v) is 13.4. The molecule has 0 aliphatic carbocycles. The number of benzene rings is 1. The summed E-state index contributed by atoms with van der Waals surface area (Å²) in [4.78, 5) is 14.7. The van der Waals surface area contributed by atoms with Crippen molar-refractivity contribution in [1.82, 2.24) is 4.90 Å². The van der Waals surface area contributed by atoms with Crippen LogP contribution in [0.15, 0.2) is 12.1 Å². The fourth-order valence-corrected chi connectivity index (χ4v) is 2.95. The highest BCUT2D eigenvalue weighted by molar-refractivity contribution is 5.97. The molecular formula is C17H27NO2. The summed E-state index contributed by atoms with van der Waals surface area (Å²) in [6.07, 6.45) is 1.82. The molecule has 112 valence electrons. The lowest BCUT2D eigenvalue weighted by molar-refractivity contribution is 0.0621. The first-order chi connectivity index (χ1) is 9.46. The molecule has 20 heavy (non-hydrogen) atoms. The Balaban J connectivity index is 3.19. The highest BCUT2D eigenvalue weighted by atomic mass is 16.3. The van der Waals surface area contributed by atoms with Crippen LogP contribution in [-0.2, 0) is 0 Å². The van der Waals surface area contributed by atoms with Crippen molar-refractivity contribution < 1.29 is 9.90 Å². The van der Waals surface area contributed by atoms with E-state index in [2.05, 4.69) is 13.8 Å². The molecule has 0 aliphatic rings. The third kappa shape index (κ3) is 3.60. The van der Waals surface area contributed by atoms with Gasteiger partial charge in [-0.15, -0.1) is 0 Å². The van der Waals surface area contributed by atoms with E-state index in [1.54, 1.807) is 0 Å². The van der Waals surface area contributed by atoms with Crippen LogP contribution in [0.3, 0.4) is 0 Å². The molecule has 0 aromatic heterocycles. The maximum atomic E-state index is 12.9. The summed E-state index contributed by atoms with van der Waals surface area (Å²) in [5, 5.41) is 9.26. The van der Waals surface area contributed by atoms with Crippen molar-refractivity contribution in [3.05, 3.63) is 34.4 Å². The number of amides is 1. The Morgan fingerprint density at radius 2 is 1.65 bits per heavy atom. The van der Waals surface area contributed by atoms with Crippen molar-refractivity contribution in [3.8, 4) is 0 Å². The van der Waals surface area contributed by atoms with Crippen LogP contribution in [0.1, 0.15) is 53.7 Å². The van der Waals surface area contributed by atoms with Gasteiger partial charge in [0.15, 0.2) is 0 Å². The second-order valence-electron chi connectivity index (χ2n) is 5.47. The van der Waals surface area contributed by atoms with Crippen LogP contribution in [0.5, 0.6) is 0 Å². The minimum atomic E-state index is 0.00615. The summed E-state index contributed by atoms with van der Waals surface area (Å²) in [6, 6.07) is 4.28. The van der Waals surface area contributed by atoms with E-state index in [0.717, 1.165) is 29.5 Å². The van der Waals surface area contributed by atoms with Gasteiger partial charge in [0.25, 0.3) is 5.91 Å². The first kappa shape index (κ1) is 16.7. The maximum Gasteiger partial charge on any atom is 0.254 e. The highest BCUT2D eigenvalue weighted by Gasteiger charge is 2.24. The van der Waals surface area contributed by atoms with Crippen LogP contribution in [0.25, 0.3) is 0 Å². The zero-order chi connectivity index (χ0) is 15.3. The average molecular weight is 277 g/mol. The number of hydrogen-bond acceptors (Lipinski definition) is 2. The second-order valence-corrected chi connectivity index (χ2v) is 5.47. The molecule has 0 aliphatic heterocycles. The van der Waals surface area contributed by atoms with Gasteiger partial charge in [0, 0.05) is 18.2 Å². The molecular weight excluding hydrogens is 250 g/mol. The quantitative estimate of drug-likeness (QED) is 0.867. The Bertz CT molecular complexity index is 441. The van der Waals surface area contributed by atoms with Gasteiger partial charge in [-0.2, -0.15) is 0 Å². The molecule has 3 heteroatoms. The molecule has 1 rings (SSSR count). The van der Waals surface area contributed by atoms with Crippen molar-refractivity contribution in [3.63, 3.8) is 0 Å². The van der Waals surface area contributed by atoms with Crippen LogP contribution in [0, 0.1) is 20.8 Å². The van der Waals surface area contributed by atoms with E-state index in [4.69, 9.17) is 0 Å². The lowest BCUT2D eigenvalue weighted by Crippen LogP contribution is -2.42. The number of rotatable bonds is 6. The van der Waals surface area contributed by atoms with E-state index in [0.29, 0.717) is 6.54 Å². The summed E-state index contributed by atoms with van der Waals surface area (Å²) in [5.41, 5.74) is 3.99. The molecule has 0 atom stereocenters. The number of nitrogens with zero attached hydrogens (tertiary/aromatic N) is 1. The Morgan fingerprint density at radius 1 is 1.15 bits per heavy atom. The predicted octanol–water partition coefficient (Wildman–Crippen LogP) is 3.23. The lowest BCUT2D eigenvalue weighted by Gasteiger charge is -2.31. The number of aliphatic hydroxyl groups excluding tert-OH is 1. The molecule has 1 N–H and O–H groups in total. The Kier molecular flexibility index (Phi) is 6.21. The summed E-state index contributed by atoms with van der Waals surface area (Å²) in [6.45, 7) is 10.6. The smallest absolute Gasteiger partial charge is 0.254 e. The van der Waals surface area contributed by atoms with E-state index in [1.165, 1.54) is 5.56 Å². The van der Waals surface area contributed by atoms with Gasteiger partial charge in [0.05, 0.1) is 6.61 Å². The minimum Gasteiger partial charge on any atom is -0.395 e. The maximum absolute atomic E-state index is 12.9. The SMILES string of the molecule is CCC(CC)N(CCO)C(=O)c1c(C)cc(C)cc1C. The van der Waals surface area contributed by atoms with Gasteiger partial charge in [-0.25, -0.2) is 0 Å². The first-order valence-electron chi connectivity index (χ1n) is 7.45. The molecule has 0 heterocycles. The highest BCUT2D eigenvalue weighted by Crippen LogP contribution is 2.21. The average Bonchev–Trinajstić information content (AvgIpc) is 2.37. The summed E-state index contributed by atoms with van der Waals surface area (Å²) in [7, 11) is 0. The van der Waals surface area contributed by atoms with Crippen molar-refractivity contribution >= 4 is 5.91 Å². The van der Waals surface area contributed by atoms with Crippen molar-refractivity contribution in [2.45, 2.75) is 53.5 Å². The largest absolute Gasteiger partial charge is 0.395 e. The molecule has 1 amide bonds. The van der Waals surface area contributed by atoms with E-state index >= 15 is 0 Å². The van der Waals surface area contributed by atoms with Crippen LogP contribution in [0.2, 0.25) is 0 Å². The van der Waals surface area contributed by atoms with Gasteiger partial charge < -0.3 is 10.0 Å².